The predicted octanol–water partition coefficient (Wildman–Crippen LogP) is 3.74. The van der Waals surface area contributed by atoms with Crippen molar-refractivity contribution in [3.05, 3.63) is 35.4 Å². The van der Waals surface area contributed by atoms with Gasteiger partial charge in [0.1, 0.15) is 0 Å². The van der Waals surface area contributed by atoms with Crippen molar-refractivity contribution in [2.45, 2.75) is 44.9 Å². The van der Waals surface area contributed by atoms with Crippen LogP contribution in [-0.4, -0.2) is 0 Å². The Morgan fingerprint density at radius 3 is 2.43 bits per heavy atom. The Morgan fingerprint density at radius 1 is 0.857 bits per heavy atom. The van der Waals surface area contributed by atoms with Crippen molar-refractivity contribution in [1.82, 2.24) is 0 Å². The van der Waals surface area contributed by atoms with Crippen molar-refractivity contribution in [2.75, 3.05) is 0 Å². The van der Waals surface area contributed by atoms with Crippen LogP contribution in [0.15, 0.2) is 24.3 Å². The van der Waals surface area contributed by atoms with Crippen LogP contribution in [0.1, 0.15) is 43.2 Å². The van der Waals surface area contributed by atoms with E-state index in [-0.39, 0.29) is 0 Å². The van der Waals surface area contributed by atoms with Gasteiger partial charge < -0.3 is 0 Å². The molecule has 3 rings (SSSR count). The van der Waals surface area contributed by atoms with Crippen LogP contribution in [0.25, 0.3) is 0 Å². The van der Waals surface area contributed by atoms with Gasteiger partial charge in [-0.05, 0) is 55.1 Å². The second-order valence-electron chi connectivity index (χ2n) is 5.15. The maximum Gasteiger partial charge on any atom is -0.0219 e. The van der Waals surface area contributed by atoms with Gasteiger partial charge in [-0.3, -0.25) is 0 Å². The molecular formula is C14H18. The van der Waals surface area contributed by atoms with E-state index < -0.39 is 0 Å². The maximum atomic E-state index is 2.35. The zero-order valence-corrected chi connectivity index (χ0v) is 8.76. The van der Waals surface area contributed by atoms with Crippen LogP contribution in [-0.2, 0) is 12.8 Å². The summed E-state index contributed by atoms with van der Waals surface area (Å²) in [5.41, 5.74) is 4.01. The molecule has 74 valence electrons. The van der Waals surface area contributed by atoms with Gasteiger partial charge in [0.25, 0.3) is 0 Å². The molecule has 0 amide bonds. The zero-order chi connectivity index (χ0) is 9.43. The van der Waals surface area contributed by atoms with Crippen LogP contribution in [0.5, 0.6) is 0 Å². The van der Waals surface area contributed by atoms with E-state index >= 15 is 0 Å². The van der Waals surface area contributed by atoms with Crippen LogP contribution >= 0.6 is 0 Å². The number of aryl methyl sites for hydroxylation is 1. The molecule has 14 heavy (non-hydrogen) atoms. The van der Waals surface area contributed by atoms with E-state index in [4.69, 9.17) is 0 Å². The van der Waals surface area contributed by atoms with E-state index in [9.17, 15) is 0 Å². The van der Waals surface area contributed by atoms with E-state index in [0.717, 1.165) is 5.41 Å². The highest BCUT2D eigenvalue weighted by Gasteiger charge is 2.42. The molecule has 1 saturated carbocycles. The van der Waals surface area contributed by atoms with Gasteiger partial charge in [0, 0.05) is 0 Å². The van der Waals surface area contributed by atoms with Gasteiger partial charge in [-0.2, -0.15) is 0 Å². The standard InChI is InChI=1S/C14H18/c1-2-7-13-11-14(9-10-14)8-4-3-6-12(13)5-1/h1-2,5,7H,3-4,6,8-11H2. The molecule has 0 aromatic heterocycles. The summed E-state index contributed by atoms with van der Waals surface area (Å²) in [4.78, 5) is 0. The van der Waals surface area contributed by atoms with Gasteiger partial charge in [-0.15, -0.1) is 0 Å². The third-order valence-electron chi connectivity index (χ3n) is 4.04. The molecule has 0 heteroatoms. The molecule has 0 saturated heterocycles. The quantitative estimate of drug-likeness (QED) is 0.579. The van der Waals surface area contributed by atoms with Gasteiger partial charge >= 0.3 is 0 Å². The topological polar surface area (TPSA) is 0 Å². The Balaban J connectivity index is 1.94. The lowest BCUT2D eigenvalue weighted by molar-refractivity contribution is 0.425. The molecule has 0 bridgehead atoms. The normalized spacial score (nSPS) is 23.7. The number of hydrogen-bond donors (Lipinski definition) is 0. The van der Waals surface area contributed by atoms with Crippen molar-refractivity contribution < 1.29 is 0 Å². The molecule has 1 fully saturated rings. The number of hydrogen-bond acceptors (Lipinski definition) is 0. The Labute approximate surface area is 86.3 Å². The average molecular weight is 186 g/mol. The number of rotatable bonds is 0. The smallest absolute Gasteiger partial charge is 0.0219 e. The zero-order valence-electron chi connectivity index (χ0n) is 8.76. The summed E-state index contributed by atoms with van der Waals surface area (Å²) in [5, 5.41) is 0. The molecule has 0 unspecified atom stereocenters. The Morgan fingerprint density at radius 2 is 1.64 bits per heavy atom. The van der Waals surface area contributed by atoms with Crippen LogP contribution < -0.4 is 0 Å². The second-order valence-corrected chi connectivity index (χ2v) is 5.15. The molecule has 0 aliphatic heterocycles. The van der Waals surface area contributed by atoms with Crippen LogP contribution in [0.4, 0.5) is 0 Å². The van der Waals surface area contributed by atoms with Crippen molar-refractivity contribution in [3.63, 3.8) is 0 Å². The molecule has 2 aliphatic carbocycles. The molecule has 2 aliphatic rings. The average Bonchev–Trinajstić information content (AvgIpc) is 2.93. The first-order valence-electron chi connectivity index (χ1n) is 5.95. The van der Waals surface area contributed by atoms with Gasteiger partial charge in [0.15, 0.2) is 0 Å². The summed E-state index contributed by atoms with van der Waals surface area (Å²) >= 11 is 0. The molecule has 0 atom stereocenters. The molecule has 0 N–H and O–H groups in total. The molecule has 0 radical (unpaired) electrons. The van der Waals surface area contributed by atoms with Crippen molar-refractivity contribution in [1.29, 1.82) is 0 Å². The fraction of sp³-hybridized carbons (Fsp3) is 0.571. The largest absolute Gasteiger partial charge is 0.0620 e. The predicted molar refractivity (Wildman–Crippen MR) is 59.4 cm³/mol. The van der Waals surface area contributed by atoms with Crippen molar-refractivity contribution in [2.24, 2.45) is 5.41 Å². The minimum Gasteiger partial charge on any atom is -0.0620 e. The minimum atomic E-state index is 0.747. The molecular weight excluding hydrogens is 168 g/mol. The molecule has 1 spiro atoms. The third kappa shape index (κ3) is 1.47. The summed E-state index contributed by atoms with van der Waals surface area (Å²) in [5.74, 6) is 0. The van der Waals surface area contributed by atoms with Crippen LogP contribution in [0.3, 0.4) is 0 Å². The lowest BCUT2D eigenvalue weighted by atomic mass is 9.84. The van der Waals surface area contributed by atoms with E-state index in [1.54, 1.807) is 11.1 Å². The van der Waals surface area contributed by atoms with E-state index in [1.807, 2.05) is 0 Å². The lowest BCUT2D eigenvalue weighted by Gasteiger charge is -2.21. The Bertz CT molecular complexity index is 334. The van der Waals surface area contributed by atoms with E-state index in [1.165, 1.54) is 44.9 Å². The van der Waals surface area contributed by atoms with E-state index in [0.29, 0.717) is 0 Å². The fourth-order valence-corrected chi connectivity index (χ4v) is 2.89. The summed E-state index contributed by atoms with van der Waals surface area (Å²) < 4.78 is 0. The summed E-state index contributed by atoms with van der Waals surface area (Å²) in [6.07, 6.45) is 9.99. The first-order valence-corrected chi connectivity index (χ1v) is 5.95. The van der Waals surface area contributed by atoms with Gasteiger partial charge in [0.2, 0.25) is 0 Å². The summed E-state index contributed by atoms with van der Waals surface area (Å²) in [7, 11) is 0. The Hall–Kier alpha value is -0.780. The highest BCUT2D eigenvalue weighted by molar-refractivity contribution is 5.30. The highest BCUT2D eigenvalue weighted by atomic mass is 14.5. The molecule has 0 heterocycles. The van der Waals surface area contributed by atoms with Crippen molar-refractivity contribution >= 4 is 0 Å². The third-order valence-corrected chi connectivity index (χ3v) is 4.04. The SMILES string of the molecule is c1ccc2c(c1)CCCCC1(CC1)C2. The van der Waals surface area contributed by atoms with Gasteiger partial charge in [0.05, 0.1) is 0 Å². The van der Waals surface area contributed by atoms with Crippen molar-refractivity contribution in [3.8, 4) is 0 Å². The maximum absolute atomic E-state index is 2.35. The number of fused-ring (bicyclic) bond motifs is 1. The van der Waals surface area contributed by atoms with Gasteiger partial charge in [-0.25, -0.2) is 0 Å². The van der Waals surface area contributed by atoms with Gasteiger partial charge in [-0.1, -0.05) is 30.7 Å². The first-order chi connectivity index (χ1) is 6.88. The summed E-state index contributed by atoms with van der Waals surface area (Å²) in [6, 6.07) is 9.08. The first kappa shape index (κ1) is 8.52. The molecule has 0 nitrogen and oxygen atoms in total. The Kier molecular flexibility index (Phi) is 1.90. The fourth-order valence-electron chi connectivity index (χ4n) is 2.89. The lowest BCUT2D eigenvalue weighted by Crippen LogP contribution is -2.10. The monoisotopic (exact) mass is 186 g/mol. The number of benzene rings is 1. The van der Waals surface area contributed by atoms with Crippen LogP contribution in [0.2, 0.25) is 0 Å². The highest BCUT2D eigenvalue weighted by Crippen LogP contribution is 2.53. The second kappa shape index (κ2) is 3.12. The molecule has 1 aromatic rings. The minimum absolute atomic E-state index is 0.747. The summed E-state index contributed by atoms with van der Waals surface area (Å²) in [6.45, 7) is 0. The van der Waals surface area contributed by atoms with E-state index in [2.05, 4.69) is 24.3 Å². The van der Waals surface area contributed by atoms with Crippen LogP contribution in [0, 0.1) is 5.41 Å². The molecule has 1 aromatic carbocycles.